The van der Waals surface area contributed by atoms with Gasteiger partial charge in [-0.15, -0.1) is 15.3 Å². The topological polar surface area (TPSA) is 92.5 Å². The standard InChI is InChI=1S/C9H7N5O/c10-8-7(9(15)14-13-8)12-11-6-4-2-1-3-5-6/h1-5H,10H2. The third kappa shape index (κ3) is 1.93. The molecule has 0 saturated heterocycles. The van der Waals surface area contributed by atoms with E-state index in [9.17, 15) is 4.79 Å². The average Bonchev–Trinajstić information content (AvgIpc) is 2.58. The number of benzene rings is 1. The lowest BCUT2D eigenvalue weighted by atomic mass is 10.3. The van der Waals surface area contributed by atoms with E-state index >= 15 is 0 Å². The second-order valence-electron chi connectivity index (χ2n) is 2.77. The lowest BCUT2D eigenvalue weighted by molar-refractivity contribution is -0.114. The van der Waals surface area contributed by atoms with E-state index in [4.69, 9.17) is 5.73 Å². The summed E-state index contributed by atoms with van der Waals surface area (Å²) >= 11 is 0. The van der Waals surface area contributed by atoms with Crippen LogP contribution in [0.2, 0.25) is 0 Å². The van der Waals surface area contributed by atoms with Crippen LogP contribution in [0.15, 0.2) is 62.3 Å². The minimum Gasteiger partial charge on any atom is -0.380 e. The Kier molecular flexibility index (Phi) is 2.32. The van der Waals surface area contributed by atoms with Gasteiger partial charge in [-0.05, 0) is 12.1 Å². The van der Waals surface area contributed by atoms with Crippen LogP contribution in [-0.4, -0.2) is 5.91 Å². The molecule has 74 valence electrons. The highest BCUT2D eigenvalue weighted by atomic mass is 16.2. The molecule has 1 aliphatic heterocycles. The van der Waals surface area contributed by atoms with Crippen molar-refractivity contribution in [1.82, 2.24) is 0 Å². The van der Waals surface area contributed by atoms with Gasteiger partial charge in [-0.3, -0.25) is 4.79 Å². The van der Waals surface area contributed by atoms with E-state index in [1.165, 1.54) is 0 Å². The molecule has 0 aromatic heterocycles. The van der Waals surface area contributed by atoms with Gasteiger partial charge >= 0.3 is 5.91 Å². The normalized spacial score (nSPS) is 15.6. The minimum atomic E-state index is -0.563. The third-order valence-corrected chi connectivity index (χ3v) is 1.72. The highest BCUT2D eigenvalue weighted by molar-refractivity contribution is 5.95. The molecule has 0 fully saturated rings. The quantitative estimate of drug-likeness (QED) is 0.740. The maximum atomic E-state index is 11.1. The minimum absolute atomic E-state index is 0.000295. The Morgan fingerprint density at radius 2 is 1.80 bits per heavy atom. The predicted octanol–water partition coefficient (Wildman–Crippen LogP) is 1.89. The molecule has 1 amide bonds. The van der Waals surface area contributed by atoms with Crippen molar-refractivity contribution in [2.24, 2.45) is 26.2 Å². The largest absolute Gasteiger partial charge is 0.380 e. The molecule has 0 atom stereocenters. The van der Waals surface area contributed by atoms with E-state index in [0.717, 1.165) is 0 Å². The number of azo groups is 2. The zero-order valence-corrected chi connectivity index (χ0v) is 7.66. The fourth-order valence-electron chi connectivity index (χ4n) is 1.000. The molecule has 1 aliphatic rings. The molecule has 6 nitrogen and oxygen atoms in total. The average molecular weight is 201 g/mol. The van der Waals surface area contributed by atoms with Crippen molar-refractivity contribution in [3.8, 4) is 0 Å². The molecule has 0 spiro atoms. The highest BCUT2D eigenvalue weighted by Crippen LogP contribution is 2.17. The summed E-state index contributed by atoms with van der Waals surface area (Å²) in [7, 11) is 0. The molecule has 1 aromatic rings. The monoisotopic (exact) mass is 201 g/mol. The van der Waals surface area contributed by atoms with E-state index in [0.29, 0.717) is 5.69 Å². The molecule has 0 radical (unpaired) electrons. The van der Waals surface area contributed by atoms with Crippen LogP contribution in [0.1, 0.15) is 0 Å². The molecule has 1 aromatic carbocycles. The molecular formula is C9H7N5O. The van der Waals surface area contributed by atoms with Gasteiger partial charge in [-0.1, -0.05) is 18.2 Å². The van der Waals surface area contributed by atoms with Gasteiger partial charge in [0.15, 0.2) is 11.5 Å². The van der Waals surface area contributed by atoms with Crippen LogP contribution < -0.4 is 5.73 Å². The van der Waals surface area contributed by atoms with Gasteiger partial charge in [0, 0.05) is 0 Å². The van der Waals surface area contributed by atoms with Crippen molar-refractivity contribution in [2.45, 2.75) is 0 Å². The van der Waals surface area contributed by atoms with Gasteiger partial charge in [0.1, 0.15) is 0 Å². The van der Waals surface area contributed by atoms with E-state index in [2.05, 4.69) is 20.5 Å². The van der Waals surface area contributed by atoms with Gasteiger partial charge in [-0.25, -0.2) is 0 Å². The summed E-state index contributed by atoms with van der Waals surface area (Å²) in [5.41, 5.74) is 6.00. The molecule has 15 heavy (non-hydrogen) atoms. The Morgan fingerprint density at radius 1 is 1.07 bits per heavy atom. The van der Waals surface area contributed by atoms with Crippen LogP contribution in [0, 0.1) is 0 Å². The van der Waals surface area contributed by atoms with Crippen molar-refractivity contribution < 1.29 is 4.79 Å². The SMILES string of the molecule is NC1=C(N=Nc2ccccc2)C(=O)N=N1. The van der Waals surface area contributed by atoms with Crippen molar-refractivity contribution in [1.29, 1.82) is 0 Å². The molecule has 0 aliphatic carbocycles. The molecule has 2 N–H and O–H groups in total. The summed E-state index contributed by atoms with van der Waals surface area (Å²) < 4.78 is 0. The van der Waals surface area contributed by atoms with Gasteiger partial charge < -0.3 is 5.73 Å². The number of nitrogens with zero attached hydrogens (tertiary/aromatic N) is 4. The first kappa shape index (κ1) is 9.20. The Hall–Kier alpha value is -2.37. The van der Waals surface area contributed by atoms with E-state index in [1.54, 1.807) is 12.1 Å². The van der Waals surface area contributed by atoms with E-state index in [1.807, 2.05) is 18.2 Å². The van der Waals surface area contributed by atoms with Crippen molar-refractivity contribution in [3.63, 3.8) is 0 Å². The first-order chi connectivity index (χ1) is 7.27. The summed E-state index contributed by atoms with van der Waals surface area (Å²) in [5.74, 6) is -0.563. The maximum Gasteiger partial charge on any atom is 0.319 e. The first-order valence-electron chi connectivity index (χ1n) is 4.20. The number of carbonyl (C=O) groups is 1. The van der Waals surface area contributed by atoms with E-state index < -0.39 is 5.91 Å². The number of hydrogen-bond acceptors (Lipinski definition) is 5. The number of rotatable bonds is 2. The third-order valence-electron chi connectivity index (χ3n) is 1.72. The Morgan fingerprint density at radius 3 is 2.40 bits per heavy atom. The summed E-state index contributed by atoms with van der Waals surface area (Å²) in [6.07, 6.45) is 0. The van der Waals surface area contributed by atoms with Crippen molar-refractivity contribution in [2.75, 3.05) is 0 Å². The number of hydrogen-bond donors (Lipinski definition) is 1. The van der Waals surface area contributed by atoms with Gasteiger partial charge in [0.2, 0.25) is 0 Å². The number of carbonyl (C=O) groups excluding carboxylic acids is 1. The zero-order chi connectivity index (χ0) is 10.7. The van der Waals surface area contributed by atoms with Gasteiger partial charge in [0.05, 0.1) is 5.69 Å². The predicted molar refractivity (Wildman–Crippen MR) is 52.0 cm³/mol. The molecular weight excluding hydrogens is 194 g/mol. The van der Waals surface area contributed by atoms with Crippen LogP contribution in [-0.2, 0) is 4.79 Å². The van der Waals surface area contributed by atoms with Gasteiger partial charge in [-0.2, -0.15) is 5.11 Å². The second-order valence-corrected chi connectivity index (χ2v) is 2.77. The Bertz CT molecular complexity index is 475. The van der Waals surface area contributed by atoms with Crippen LogP contribution in [0.3, 0.4) is 0 Å². The number of amides is 1. The summed E-state index contributed by atoms with van der Waals surface area (Å²) in [5, 5.41) is 14.2. The first-order valence-corrected chi connectivity index (χ1v) is 4.20. The van der Waals surface area contributed by atoms with Gasteiger partial charge in [0.25, 0.3) is 0 Å². The fraction of sp³-hybridized carbons (Fsp3) is 0. The molecule has 0 bridgehead atoms. The molecule has 2 rings (SSSR count). The number of nitrogens with two attached hydrogens (primary N) is 1. The van der Waals surface area contributed by atoms with Crippen molar-refractivity contribution >= 4 is 11.6 Å². The lowest BCUT2D eigenvalue weighted by Gasteiger charge is -1.90. The molecule has 6 heteroatoms. The highest BCUT2D eigenvalue weighted by Gasteiger charge is 2.18. The summed E-state index contributed by atoms with van der Waals surface area (Å²) in [6, 6.07) is 9.01. The van der Waals surface area contributed by atoms with Crippen LogP contribution in [0.25, 0.3) is 0 Å². The van der Waals surface area contributed by atoms with Crippen LogP contribution >= 0.6 is 0 Å². The Balaban J connectivity index is 2.21. The smallest absolute Gasteiger partial charge is 0.319 e. The second kappa shape index (κ2) is 3.79. The Labute approximate surface area is 85.2 Å². The lowest BCUT2D eigenvalue weighted by Crippen LogP contribution is -1.98. The van der Waals surface area contributed by atoms with Crippen LogP contribution in [0.5, 0.6) is 0 Å². The maximum absolute atomic E-state index is 11.1. The van der Waals surface area contributed by atoms with E-state index in [-0.39, 0.29) is 11.5 Å². The summed E-state index contributed by atoms with van der Waals surface area (Å²) in [6.45, 7) is 0. The summed E-state index contributed by atoms with van der Waals surface area (Å²) in [4.78, 5) is 11.1. The zero-order valence-electron chi connectivity index (χ0n) is 7.66. The fourth-order valence-corrected chi connectivity index (χ4v) is 1.000. The van der Waals surface area contributed by atoms with Crippen molar-refractivity contribution in [3.05, 3.63) is 41.8 Å². The molecule has 0 saturated carbocycles. The van der Waals surface area contributed by atoms with Crippen LogP contribution in [0.4, 0.5) is 5.69 Å². The molecule has 1 heterocycles. The molecule has 0 unspecified atom stereocenters.